The molecule has 7 nitrogen and oxygen atoms in total. The van der Waals surface area contributed by atoms with Crippen LogP contribution >= 0.6 is 0 Å². The molecule has 0 saturated carbocycles. The maximum atomic E-state index is 13.8. The van der Waals surface area contributed by atoms with Gasteiger partial charge in [-0.1, -0.05) is 0 Å². The molecule has 1 heterocycles. The van der Waals surface area contributed by atoms with E-state index in [0.29, 0.717) is 0 Å². The Balaban J connectivity index is 2.38. The quantitative estimate of drug-likeness (QED) is 0.814. The Morgan fingerprint density at radius 1 is 1.40 bits per heavy atom. The smallest absolute Gasteiger partial charge is 0.285 e. The van der Waals surface area contributed by atoms with Gasteiger partial charge in [-0.2, -0.15) is 16.1 Å². The molecule has 0 fully saturated rings. The van der Waals surface area contributed by atoms with Crippen molar-refractivity contribution in [2.24, 2.45) is 5.90 Å². The predicted octanol–water partition coefficient (Wildman–Crippen LogP) is 1.49. The standard InChI is InChI=1S/C12H10FN5O2/c1-19-10-11(16-6-17-12(10)20-15)18-9-3-2-7(5-14)4-8(9)13/h2-4,6H,15H2,1H3,(H,16,17,18). The molecule has 0 radical (unpaired) electrons. The van der Waals surface area contributed by atoms with Crippen LogP contribution in [0.2, 0.25) is 0 Å². The monoisotopic (exact) mass is 275 g/mol. The molecule has 1 aromatic heterocycles. The third-order valence-corrected chi connectivity index (χ3v) is 2.44. The van der Waals surface area contributed by atoms with Crippen molar-refractivity contribution in [2.75, 3.05) is 12.4 Å². The van der Waals surface area contributed by atoms with Crippen molar-refractivity contribution in [3.05, 3.63) is 35.9 Å². The van der Waals surface area contributed by atoms with E-state index in [9.17, 15) is 4.39 Å². The van der Waals surface area contributed by atoms with E-state index >= 15 is 0 Å². The molecule has 20 heavy (non-hydrogen) atoms. The van der Waals surface area contributed by atoms with Gasteiger partial charge in [0.1, 0.15) is 12.1 Å². The van der Waals surface area contributed by atoms with Crippen LogP contribution in [0.3, 0.4) is 0 Å². The number of nitrogens with one attached hydrogen (secondary N) is 1. The van der Waals surface area contributed by atoms with Crippen molar-refractivity contribution in [3.63, 3.8) is 0 Å². The molecule has 0 aliphatic rings. The highest BCUT2D eigenvalue weighted by Gasteiger charge is 2.14. The van der Waals surface area contributed by atoms with Gasteiger partial charge >= 0.3 is 0 Å². The zero-order chi connectivity index (χ0) is 14.5. The van der Waals surface area contributed by atoms with Crippen molar-refractivity contribution in [2.45, 2.75) is 0 Å². The van der Waals surface area contributed by atoms with Crippen LogP contribution in [0, 0.1) is 17.1 Å². The molecule has 0 bridgehead atoms. The van der Waals surface area contributed by atoms with E-state index in [2.05, 4.69) is 20.1 Å². The molecule has 0 saturated heterocycles. The highest BCUT2D eigenvalue weighted by Crippen LogP contribution is 2.32. The van der Waals surface area contributed by atoms with Crippen LogP contribution in [0.15, 0.2) is 24.5 Å². The number of ether oxygens (including phenoxy) is 1. The minimum atomic E-state index is -0.597. The van der Waals surface area contributed by atoms with Gasteiger partial charge in [-0.15, -0.1) is 0 Å². The molecule has 0 aliphatic heterocycles. The Morgan fingerprint density at radius 3 is 2.80 bits per heavy atom. The Hall–Kier alpha value is -2.92. The van der Waals surface area contributed by atoms with E-state index in [1.165, 1.54) is 25.6 Å². The normalized spacial score (nSPS) is 9.70. The molecule has 0 atom stereocenters. The molecule has 8 heteroatoms. The molecule has 2 aromatic rings. The van der Waals surface area contributed by atoms with Gasteiger partial charge in [0.2, 0.25) is 5.75 Å². The van der Waals surface area contributed by atoms with Crippen LogP contribution in [0.25, 0.3) is 0 Å². The fraction of sp³-hybridized carbons (Fsp3) is 0.0833. The highest BCUT2D eigenvalue weighted by molar-refractivity contribution is 5.65. The lowest BCUT2D eigenvalue weighted by Crippen LogP contribution is -2.08. The number of benzene rings is 1. The summed E-state index contributed by atoms with van der Waals surface area (Å²) in [5.41, 5.74) is 0.345. The van der Waals surface area contributed by atoms with Gasteiger partial charge < -0.3 is 14.9 Å². The maximum Gasteiger partial charge on any atom is 0.285 e. The first-order chi connectivity index (χ1) is 9.69. The van der Waals surface area contributed by atoms with E-state index in [-0.39, 0.29) is 28.7 Å². The first-order valence-corrected chi connectivity index (χ1v) is 5.42. The molecule has 0 aliphatic carbocycles. The Morgan fingerprint density at radius 2 is 2.20 bits per heavy atom. The van der Waals surface area contributed by atoms with Crippen molar-refractivity contribution in [3.8, 4) is 17.7 Å². The number of hydrogen-bond acceptors (Lipinski definition) is 7. The van der Waals surface area contributed by atoms with Crippen LogP contribution in [0.4, 0.5) is 15.9 Å². The summed E-state index contributed by atoms with van der Waals surface area (Å²) in [6.07, 6.45) is 1.19. The van der Waals surface area contributed by atoms with Crippen LogP contribution in [0.5, 0.6) is 11.6 Å². The molecule has 0 unspecified atom stereocenters. The van der Waals surface area contributed by atoms with Crippen molar-refractivity contribution >= 4 is 11.5 Å². The summed E-state index contributed by atoms with van der Waals surface area (Å²) in [4.78, 5) is 12.2. The number of nitrogens with two attached hydrogens (primary N) is 1. The SMILES string of the molecule is COc1c(Nc2ccc(C#N)cc2F)ncnc1ON. The van der Waals surface area contributed by atoms with Crippen molar-refractivity contribution in [1.82, 2.24) is 9.97 Å². The van der Waals surface area contributed by atoms with Gasteiger partial charge in [-0.05, 0) is 18.2 Å². The summed E-state index contributed by atoms with van der Waals surface area (Å²) < 4.78 is 18.8. The second-order valence-electron chi connectivity index (χ2n) is 3.61. The third kappa shape index (κ3) is 2.57. The lowest BCUT2D eigenvalue weighted by molar-refractivity contribution is 0.292. The second-order valence-corrected chi connectivity index (χ2v) is 3.61. The number of aromatic nitrogens is 2. The van der Waals surface area contributed by atoms with Crippen molar-refractivity contribution < 1.29 is 14.0 Å². The number of anilines is 2. The van der Waals surface area contributed by atoms with E-state index in [0.717, 1.165) is 6.07 Å². The molecule has 0 amide bonds. The van der Waals surface area contributed by atoms with Crippen LogP contribution in [-0.4, -0.2) is 17.1 Å². The van der Waals surface area contributed by atoms with Gasteiger partial charge in [0.25, 0.3) is 5.88 Å². The number of hydrogen-bond donors (Lipinski definition) is 2. The molecule has 2 rings (SSSR count). The summed E-state index contributed by atoms with van der Waals surface area (Å²) in [6, 6.07) is 5.84. The van der Waals surface area contributed by atoms with E-state index in [1.54, 1.807) is 0 Å². The summed E-state index contributed by atoms with van der Waals surface area (Å²) >= 11 is 0. The average Bonchev–Trinajstić information content (AvgIpc) is 2.48. The van der Waals surface area contributed by atoms with Crippen LogP contribution < -0.4 is 20.8 Å². The van der Waals surface area contributed by atoms with Gasteiger partial charge in [-0.25, -0.2) is 9.37 Å². The maximum absolute atomic E-state index is 13.8. The lowest BCUT2D eigenvalue weighted by atomic mass is 10.2. The Kier molecular flexibility index (Phi) is 3.93. The number of methoxy groups -OCH3 is 1. The van der Waals surface area contributed by atoms with Gasteiger partial charge in [0.15, 0.2) is 5.82 Å². The zero-order valence-corrected chi connectivity index (χ0v) is 10.4. The topological polar surface area (TPSA) is 106 Å². The number of nitrogens with zero attached hydrogens (tertiary/aromatic N) is 3. The minimum absolute atomic E-state index is 0.0130. The number of rotatable bonds is 4. The van der Waals surface area contributed by atoms with E-state index < -0.39 is 5.82 Å². The summed E-state index contributed by atoms with van der Waals surface area (Å²) in [6.45, 7) is 0. The van der Waals surface area contributed by atoms with Crippen LogP contribution in [0.1, 0.15) is 5.56 Å². The molecule has 102 valence electrons. The van der Waals surface area contributed by atoms with E-state index in [4.69, 9.17) is 15.9 Å². The second kappa shape index (κ2) is 5.81. The molecule has 1 aromatic carbocycles. The zero-order valence-electron chi connectivity index (χ0n) is 10.4. The van der Waals surface area contributed by atoms with Gasteiger partial charge in [0, 0.05) is 0 Å². The summed E-state index contributed by atoms with van der Waals surface area (Å²) in [7, 11) is 1.38. The number of nitriles is 1. The Bertz CT molecular complexity index is 671. The fourth-order valence-corrected chi connectivity index (χ4v) is 1.53. The highest BCUT2D eigenvalue weighted by atomic mass is 19.1. The van der Waals surface area contributed by atoms with Gasteiger partial charge in [-0.3, -0.25) is 0 Å². The van der Waals surface area contributed by atoms with Crippen LogP contribution in [-0.2, 0) is 0 Å². The molecule has 0 spiro atoms. The largest absolute Gasteiger partial charge is 0.489 e. The predicted molar refractivity (Wildman–Crippen MR) is 67.8 cm³/mol. The number of halogens is 1. The molecule has 3 N–H and O–H groups in total. The molecular formula is C12H10FN5O2. The average molecular weight is 275 g/mol. The fourth-order valence-electron chi connectivity index (χ4n) is 1.53. The first kappa shape index (κ1) is 13.5. The minimum Gasteiger partial charge on any atom is -0.489 e. The first-order valence-electron chi connectivity index (χ1n) is 5.42. The van der Waals surface area contributed by atoms with Crippen molar-refractivity contribution in [1.29, 1.82) is 5.26 Å². The van der Waals surface area contributed by atoms with Gasteiger partial charge in [0.05, 0.1) is 24.4 Å². The lowest BCUT2D eigenvalue weighted by Gasteiger charge is -2.12. The summed E-state index contributed by atoms with van der Waals surface area (Å²) in [5, 5.41) is 11.4. The summed E-state index contributed by atoms with van der Waals surface area (Å²) in [5.74, 6) is 4.79. The van der Waals surface area contributed by atoms with E-state index in [1.807, 2.05) is 6.07 Å². The molecular weight excluding hydrogens is 265 g/mol. The third-order valence-electron chi connectivity index (χ3n) is 2.44. The Labute approximate surface area is 113 Å².